The molecule has 1 fully saturated rings. The van der Waals surface area contributed by atoms with Gasteiger partial charge in [-0.2, -0.15) is 0 Å². The van der Waals surface area contributed by atoms with E-state index < -0.39 is 9.84 Å². The Balaban J connectivity index is 2.49. The maximum atomic E-state index is 11.4. The molecule has 1 aliphatic rings. The van der Waals surface area contributed by atoms with E-state index in [2.05, 4.69) is 12.2 Å². The van der Waals surface area contributed by atoms with Crippen LogP contribution in [0, 0.1) is 5.92 Å². The fourth-order valence-electron chi connectivity index (χ4n) is 2.10. The van der Waals surface area contributed by atoms with E-state index in [-0.39, 0.29) is 5.25 Å². The average molecular weight is 251 g/mol. The number of hydrogen-bond donors (Lipinski definition) is 0. The molecule has 0 bridgehead atoms. The monoisotopic (exact) mass is 250 g/mol. The molecule has 0 aromatic heterocycles. The highest BCUT2D eigenvalue weighted by Crippen LogP contribution is 2.29. The first kappa shape index (κ1) is 13.0. The van der Waals surface area contributed by atoms with E-state index in [0.29, 0.717) is 11.8 Å². The Morgan fingerprint density at radius 3 is 2.73 bits per heavy atom. The van der Waals surface area contributed by atoms with E-state index in [0.717, 1.165) is 32.1 Å². The zero-order chi connectivity index (χ0) is 11.3. The van der Waals surface area contributed by atoms with Crippen molar-refractivity contribution in [1.29, 1.82) is 0 Å². The molecule has 0 radical (unpaired) electrons. The van der Waals surface area contributed by atoms with E-state index >= 15 is 0 Å². The smallest absolute Gasteiger partial charge is 0.150 e. The van der Waals surface area contributed by atoms with Crippen LogP contribution in [-0.4, -0.2) is 25.8 Å². The number of rotatable bonds is 4. The van der Waals surface area contributed by atoms with Gasteiger partial charge in [0.15, 0.2) is 0 Å². The van der Waals surface area contributed by atoms with Crippen molar-refractivity contribution in [2.24, 2.45) is 5.92 Å². The summed E-state index contributed by atoms with van der Waals surface area (Å²) in [5.41, 5.74) is 0. The summed E-state index contributed by atoms with van der Waals surface area (Å²) in [6.45, 7) is 0. The van der Waals surface area contributed by atoms with Gasteiger partial charge in [0.25, 0.3) is 0 Å². The lowest BCUT2D eigenvalue weighted by molar-refractivity contribution is 0.414. The SMILES string of the molecule is CS(=O)(=O)C1CCCC(/C=C/CCCl)C1. The number of hydrogen-bond acceptors (Lipinski definition) is 2. The molecule has 2 atom stereocenters. The lowest BCUT2D eigenvalue weighted by Gasteiger charge is -2.25. The van der Waals surface area contributed by atoms with Crippen LogP contribution in [0.25, 0.3) is 0 Å². The van der Waals surface area contributed by atoms with Gasteiger partial charge in [-0.1, -0.05) is 18.6 Å². The van der Waals surface area contributed by atoms with Crippen molar-refractivity contribution in [1.82, 2.24) is 0 Å². The zero-order valence-electron chi connectivity index (χ0n) is 9.15. The van der Waals surface area contributed by atoms with E-state index in [9.17, 15) is 8.42 Å². The van der Waals surface area contributed by atoms with Crippen molar-refractivity contribution in [2.75, 3.05) is 12.1 Å². The largest absolute Gasteiger partial charge is 0.229 e. The van der Waals surface area contributed by atoms with Crippen LogP contribution in [0.1, 0.15) is 32.1 Å². The van der Waals surface area contributed by atoms with Crippen LogP contribution in [-0.2, 0) is 9.84 Å². The van der Waals surface area contributed by atoms with Gasteiger partial charge in [-0.25, -0.2) is 8.42 Å². The van der Waals surface area contributed by atoms with Crippen LogP contribution in [0.5, 0.6) is 0 Å². The summed E-state index contributed by atoms with van der Waals surface area (Å²) in [6.07, 6.45) is 10.2. The van der Waals surface area contributed by atoms with Gasteiger partial charge in [-0.05, 0) is 31.6 Å². The molecule has 0 spiro atoms. The normalized spacial score (nSPS) is 28.4. The molecule has 2 unspecified atom stereocenters. The van der Waals surface area contributed by atoms with Crippen molar-refractivity contribution in [2.45, 2.75) is 37.4 Å². The number of alkyl halides is 1. The Morgan fingerprint density at radius 2 is 2.13 bits per heavy atom. The zero-order valence-corrected chi connectivity index (χ0v) is 10.7. The maximum absolute atomic E-state index is 11.4. The first-order chi connectivity index (χ1) is 7.04. The summed E-state index contributed by atoms with van der Waals surface area (Å²) < 4.78 is 22.8. The molecule has 1 aliphatic carbocycles. The molecule has 88 valence electrons. The minimum Gasteiger partial charge on any atom is -0.229 e. The predicted molar refractivity (Wildman–Crippen MR) is 65.1 cm³/mol. The van der Waals surface area contributed by atoms with Gasteiger partial charge in [0.05, 0.1) is 5.25 Å². The Labute approximate surface area is 97.6 Å². The van der Waals surface area contributed by atoms with Gasteiger partial charge >= 0.3 is 0 Å². The topological polar surface area (TPSA) is 34.1 Å². The highest BCUT2D eigenvalue weighted by Gasteiger charge is 2.27. The van der Waals surface area contributed by atoms with Crippen LogP contribution in [0.2, 0.25) is 0 Å². The third kappa shape index (κ3) is 4.56. The molecule has 0 aromatic rings. The van der Waals surface area contributed by atoms with Crippen LogP contribution in [0.15, 0.2) is 12.2 Å². The highest BCUT2D eigenvalue weighted by atomic mass is 35.5. The average Bonchev–Trinajstić information content (AvgIpc) is 2.17. The second-order valence-electron chi connectivity index (χ2n) is 4.28. The summed E-state index contributed by atoms with van der Waals surface area (Å²) >= 11 is 5.57. The molecule has 0 aromatic carbocycles. The molecule has 0 heterocycles. The van der Waals surface area contributed by atoms with Gasteiger partial charge in [0.1, 0.15) is 9.84 Å². The third-order valence-electron chi connectivity index (χ3n) is 2.96. The van der Waals surface area contributed by atoms with Crippen LogP contribution in [0.3, 0.4) is 0 Å². The minimum atomic E-state index is -2.85. The Morgan fingerprint density at radius 1 is 1.40 bits per heavy atom. The number of halogens is 1. The lowest BCUT2D eigenvalue weighted by atomic mass is 9.88. The summed E-state index contributed by atoms with van der Waals surface area (Å²) in [4.78, 5) is 0. The number of allylic oxidation sites excluding steroid dienone is 2. The van der Waals surface area contributed by atoms with E-state index in [1.807, 2.05) is 0 Å². The fourth-order valence-corrected chi connectivity index (χ4v) is 3.41. The Hall–Kier alpha value is -0.0200. The lowest BCUT2D eigenvalue weighted by Crippen LogP contribution is -2.26. The molecular formula is C11H19ClO2S. The first-order valence-corrected chi connectivity index (χ1v) is 7.94. The first-order valence-electron chi connectivity index (χ1n) is 5.45. The Kier molecular flexibility index (Phi) is 5.13. The molecule has 2 nitrogen and oxygen atoms in total. The molecule has 0 saturated heterocycles. The molecular weight excluding hydrogens is 232 g/mol. The summed E-state index contributed by atoms with van der Waals surface area (Å²) in [7, 11) is -2.85. The molecule has 1 rings (SSSR count). The minimum absolute atomic E-state index is 0.128. The third-order valence-corrected chi connectivity index (χ3v) is 4.81. The van der Waals surface area contributed by atoms with E-state index in [4.69, 9.17) is 11.6 Å². The molecule has 4 heteroatoms. The number of sulfone groups is 1. The summed E-state index contributed by atoms with van der Waals surface area (Å²) in [6, 6.07) is 0. The van der Waals surface area contributed by atoms with Crippen molar-refractivity contribution in [3.8, 4) is 0 Å². The summed E-state index contributed by atoms with van der Waals surface area (Å²) in [5, 5.41) is -0.128. The van der Waals surface area contributed by atoms with Gasteiger partial charge < -0.3 is 0 Å². The van der Waals surface area contributed by atoms with Gasteiger partial charge in [0, 0.05) is 12.1 Å². The van der Waals surface area contributed by atoms with Crippen molar-refractivity contribution in [3.63, 3.8) is 0 Å². The predicted octanol–water partition coefficient (Wildman–Crippen LogP) is 2.77. The molecule has 0 amide bonds. The van der Waals surface area contributed by atoms with Crippen molar-refractivity contribution < 1.29 is 8.42 Å². The molecule has 1 saturated carbocycles. The molecule has 0 aliphatic heterocycles. The fraction of sp³-hybridized carbons (Fsp3) is 0.818. The quantitative estimate of drug-likeness (QED) is 0.568. The van der Waals surface area contributed by atoms with Crippen LogP contribution in [0.4, 0.5) is 0 Å². The Bertz CT molecular complexity index is 309. The highest BCUT2D eigenvalue weighted by molar-refractivity contribution is 7.91. The second kappa shape index (κ2) is 5.90. The second-order valence-corrected chi connectivity index (χ2v) is 6.99. The van der Waals surface area contributed by atoms with Gasteiger partial charge in [-0.15, -0.1) is 11.6 Å². The van der Waals surface area contributed by atoms with Gasteiger partial charge in [0.2, 0.25) is 0 Å². The van der Waals surface area contributed by atoms with Crippen LogP contribution >= 0.6 is 11.6 Å². The maximum Gasteiger partial charge on any atom is 0.150 e. The van der Waals surface area contributed by atoms with Crippen molar-refractivity contribution >= 4 is 21.4 Å². The van der Waals surface area contributed by atoms with E-state index in [1.54, 1.807) is 0 Å². The van der Waals surface area contributed by atoms with Crippen LogP contribution < -0.4 is 0 Å². The van der Waals surface area contributed by atoms with Crippen molar-refractivity contribution in [3.05, 3.63) is 12.2 Å². The van der Waals surface area contributed by atoms with E-state index in [1.165, 1.54) is 6.26 Å². The van der Waals surface area contributed by atoms with Gasteiger partial charge in [-0.3, -0.25) is 0 Å². The molecule has 15 heavy (non-hydrogen) atoms. The standard InChI is InChI=1S/C11H19ClO2S/c1-15(13,14)11-7-4-6-10(9-11)5-2-3-8-12/h2,5,10-11H,3-4,6-9H2,1H3/b5-2+. The molecule has 0 N–H and O–H groups in total. The summed E-state index contributed by atoms with van der Waals surface area (Å²) in [5.74, 6) is 1.07.